The lowest BCUT2D eigenvalue weighted by Gasteiger charge is -2.45. The maximum atomic E-state index is 11.6. The van der Waals surface area contributed by atoms with Crippen molar-refractivity contribution in [3.05, 3.63) is 23.3 Å². The molecule has 36 heavy (non-hydrogen) atoms. The maximum Gasteiger partial charge on any atom is 0.302 e. The van der Waals surface area contributed by atoms with Crippen LogP contribution in [0.25, 0.3) is 0 Å². The number of ether oxygens (including phenoxy) is 2. The van der Waals surface area contributed by atoms with Gasteiger partial charge in [0.2, 0.25) is 0 Å². The number of fused-ring (bicyclic) bond motifs is 1. The fourth-order valence-electron chi connectivity index (χ4n) is 8.05. The van der Waals surface area contributed by atoms with Crippen LogP contribution in [-0.2, 0) is 19.1 Å². The number of esters is 2. The summed E-state index contributed by atoms with van der Waals surface area (Å²) in [7, 11) is 0. The smallest absolute Gasteiger partial charge is 0.302 e. The molecule has 1 N–H and O–H groups in total. The van der Waals surface area contributed by atoms with Gasteiger partial charge in [-0.15, -0.1) is 0 Å². The highest BCUT2D eigenvalue weighted by Crippen LogP contribution is 2.70. The van der Waals surface area contributed by atoms with Crippen molar-refractivity contribution in [2.45, 2.75) is 136 Å². The minimum Gasteiger partial charge on any atom is -0.462 e. The summed E-state index contributed by atoms with van der Waals surface area (Å²) in [6, 6.07) is 0. The van der Waals surface area contributed by atoms with E-state index < -0.39 is 19.4 Å². The van der Waals surface area contributed by atoms with Crippen LogP contribution in [0.5, 0.6) is 0 Å². The second-order valence-electron chi connectivity index (χ2n) is 12.5. The summed E-state index contributed by atoms with van der Waals surface area (Å²) in [6.07, 6.45) is 15.6. The molecule has 5 nitrogen and oxygen atoms in total. The van der Waals surface area contributed by atoms with E-state index in [4.69, 9.17) is 15.0 Å². The quantitative estimate of drug-likeness (QED) is 0.367. The molecule has 0 aromatic carbocycles. The Balaban J connectivity index is 1.45. The Hall–Kier alpha value is -1.62. The van der Waals surface area contributed by atoms with Gasteiger partial charge in [0.05, 0.1) is 5.60 Å². The van der Waals surface area contributed by atoms with Crippen LogP contribution >= 0.6 is 0 Å². The highest BCUT2D eigenvalue weighted by molar-refractivity contribution is 5.67. The Morgan fingerprint density at radius 3 is 2.39 bits per heavy atom. The molecule has 5 heteroatoms. The number of carbonyl (C=O) groups excluding carboxylic acids is 2. The van der Waals surface area contributed by atoms with E-state index in [0.29, 0.717) is 37.5 Å². The second kappa shape index (κ2) is 10.6. The van der Waals surface area contributed by atoms with Gasteiger partial charge in [-0.3, -0.25) is 9.59 Å². The van der Waals surface area contributed by atoms with Crippen LogP contribution < -0.4 is 0 Å². The minimum absolute atomic E-state index is 0.156. The van der Waals surface area contributed by atoms with Crippen LogP contribution in [0.2, 0.25) is 0 Å². The number of aliphatic hydroxyl groups is 1. The van der Waals surface area contributed by atoms with Gasteiger partial charge in [0, 0.05) is 38.6 Å². The topological polar surface area (TPSA) is 72.8 Å². The first-order valence-electron chi connectivity index (χ1n) is 16.2. The van der Waals surface area contributed by atoms with Crippen molar-refractivity contribution in [3.8, 4) is 0 Å². The summed E-state index contributed by atoms with van der Waals surface area (Å²) < 4.78 is 41.7. The van der Waals surface area contributed by atoms with Crippen LogP contribution in [0.15, 0.2) is 23.3 Å². The molecule has 4 fully saturated rings. The zero-order valence-corrected chi connectivity index (χ0v) is 22.4. The van der Waals surface area contributed by atoms with Crippen LogP contribution in [0.1, 0.15) is 123 Å². The summed E-state index contributed by atoms with van der Waals surface area (Å²) >= 11 is 0. The van der Waals surface area contributed by atoms with Gasteiger partial charge < -0.3 is 14.6 Å². The molecule has 4 saturated carbocycles. The van der Waals surface area contributed by atoms with Crippen molar-refractivity contribution in [1.29, 1.82) is 0 Å². The average Bonchev–Trinajstić information content (AvgIpc) is 3.53. The van der Waals surface area contributed by atoms with Gasteiger partial charge in [0.25, 0.3) is 0 Å². The molecule has 202 valence electrons. The molecule has 0 aromatic heterocycles. The van der Waals surface area contributed by atoms with Crippen molar-refractivity contribution >= 4 is 11.9 Å². The highest BCUT2D eigenvalue weighted by atomic mass is 16.6. The largest absolute Gasteiger partial charge is 0.462 e. The Kier molecular flexibility index (Phi) is 6.61. The lowest BCUT2D eigenvalue weighted by molar-refractivity contribution is -0.154. The van der Waals surface area contributed by atoms with E-state index in [1.54, 1.807) is 0 Å². The summed E-state index contributed by atoms with van der Waals surface area (Å²) in [5.74, 6) is 0.478. The number of hydrogen-bond donors (Lipinski definition) is 1. The first-order chi connectivity index (χ1) is 18.7. The zero-order chi connectivity index (χ0) is 29.3. The molecule has 0 radical (unpaired) electrons. The normalized spacial score (nSPS) is 38.0. The summed E-state index contributed by atoms with van der Waals surface area (Å²) in [4.78, 5) is 23.2. The van der Waals surface area contributed by atoms with Crippen LogP contribution in [0.4, 0.5) is 0 Å². The van der Waals surface area contributed by atoms with E-state index in [-0.39, 0.29) is 41.4 Å². The van der Waals surface area contributed by atoms with Gasteiger partial charge in [0.1, 0.15) is 12.2 Å². The molecule has 4 aliphatic rings. The number of rotatable bonds is 8. The standard InChI is InChI=1S/C31H48O5/c1-21(32)35-25-18-23(19-26(20-25)36-22(2)33)9-10-24-8-6-14-30(5)27(24)11-12-28(30)31(16-17-31)15-7-13-29(3,4)34/h9-10,25-28,34H,6-8,11-20H2,1-5H3/b24-10+/t25-,26-,27?,28+,30+/m1/s1/i3D,4D3/t25-,26-,27?,28+,29?,30+. The SMILES string of the molecule is [2H]CC(O)(CCCC1([C@H]2CCC3/C(=C/C=C4C[C@@H](OC(C)=O)C[C@H](OC(C)=O)C4)CCC[C@@]32C)CC1)C([2H])([2H])[2H]. The monoisotopic (exact) mass is 504 g/mol. The van der Waals surface area contributed by atoms with Gasteiger partial charge in [-0.25, -0.2) is 0 Å². The van der Waals surface area contributed by atoms with E-state index in [9.17, 15) is 14.7 Å². The van der Waals surface area contributed by atoms with E-state index >= 15 is 0 Å². The second-order valence-corrected chi connectivity index (χ2v) is 12.5. The Bertz CT molecular complexity index is 990. The van der Waals surface area contributed by atoms with Gasteiger partial charge in [-0.1, -0.05) is 36.6 Å². The molecule has 0 heterocycles. The first-order valence-corrected chi connectivity index (χ1v) is 14.0. The predicted octanol–water partition coefficient (Wildman–Crippen LogP) is 6.82. The first kappa shape index (κ1) is 22.4. The molecule has 0 amide bonds. The molecular weight excluding hydrogens is 452 g/mol. The number of allylic oxidation sites excluding steroid dienone is 3. The highest BCUT2D eigenvalue weighted by Gasteiger charge is 2.60. The third kappa shape index (κ3) is 6.44. The lowest BCUT2D eigenvalue weighted by Crippen LogP contribution is -2.37. The van der Waals surface area contributed by atoms with E-state index in [1.807, 2.05) is 0 Å². The minimum atomic E-state index is -2.53. The third-order valence-corrected chi connectivity index (χ3v) is 9.56. The third-order valence-electron chi connectivity index (χ3n) is 9.56. The van der Waals surface area contributed by atoms with E-state index in [2.05, 4.69) is 19.1 Å². The molecule has 0 aromatic rings. The molecule has 2 unspecified atom stereocenters. The van der Waals surface area contributed by atoms with Crippen molar-refractivity contribution < 1.29 is 29.7 Å². The zero-order valence-electron chi connectivity index (χ0n) is 26.4. The van der Waals surface area contributed by atoms with Crippen molar-refractivity contribution in [2.24, 2.45) is 22.7 Å². The average molecular weight is 505 g/mol. The molecule has 0 saturated heterocycles. The fraction of sp³-hybridized carbons (Fsp3) is 0.806. The molecule has 0 spiro atoms. The van der Waals surface area contributed by atoms with Crippen molar-refractivity contribution in [2.75, 3.05) is 0 Å². The molecular formula is C31H48O5. The molecule has 0 aliphatic heterocycles. The Morgan fingerprint density at radius 2 is 1.81 bits per heavy atom. The predicted molar refractivity (Wildman–Crippen MR) is 141 cm³/mol. The Labute approximate surface area is 223 Å². The fourth-order valence-corrected chi connectivity index (χ4v) is 8.05. The van der Waals surface area contributed by atoms with Gasteiger partial charge in [-0.2, -0.15) is 0 Å². The number of hydrogen-bond acceptors (Lipinski definition) is 5. The van der Waals surface area contributed by atoms with Gasteiger partial charge in [0.15, 0.2) is 0 Å². The van der Waals surface area contributed by atoms with Crippen molar-refractivity contribution in [1.82, 2.24) is 0 Å². The summed E-state index contributed by atoms with van der Waals surface area (Å²) in [5, 5.41) is 10.6. The summed E-state index contributed by atoms with van der Waals surface area (Å²) in [6.45, 7) is 2.27. The summed E-state index contributed by atoms with van der Waals surface area (Å²) in [5.41, 5.74) is 1.17. The van der Waals surface area contributed by atoms with Gasteiger partial charge >= 0.3 is 11.9 Å². The molecule has 4 aliphatic carbocycles. The molecule has 4 rings (SSSR count). The maximum absolute atomic E-state index is 11.6. The molecule has 0 bridgehead atoms. The van der Waals surface area contributed by atoms with E-state index in [1.165, 1.54) is 45.1 Å². The van der Waals surface area contributed by atoms with Crippen LogP contribution in [-0.4, -0.2) is 34.9 Å². The van der Waals surface area contributed by atoms with Crippen molar-refractivity contribution in [3.63, 3.8) is 0 Å². The van der Waals surface area contributed by atoms with Crippen LogP contribution in [0, 0.1) is 22.7 Å². The van der Waals surface area contributed by atoms with E-state index in [0.717, 1.165) is 31.3 Å². The molecule has 6 atom stereocenters. The van der Waals surface area contributed by atoms with Crippen LogP contribution in [0.3, 0.4) is 0 Å². The van der Waals surface area contributed by atoms with Gasteiger partial charge in [-0.05, 0) is 94.2 Å². The lowest BCUT2D eigenvalue weighted by atomic mass is 9.59. The Morgan fingerprint density at radius 1 is 1.11 bits per heavy atom. The number of carbonyl (C=O) groups is 2.